The van der Waals surface area contributed by atoms with E-state index in [1.165, 1.54) is 12.1 Å². The van der Waals surface area contributed by atoms with E-state index in [2.05, 4.69) is 15.8 Å². The number of nitrogens with zero attached hydrogens (tertiary/aromatic N) is 1. The number of nitrogens with one attached hydrogen (secondary N) is 2. The molecule has 5 nitrogen and oxygen atoms in total. The van der Waals surface area contributed by atoms with Gasteiger partial charge in [0.25, 0.3) is 0 Å². The summed E-state index contributed by atoms with van der Waals surface area (Å²) < 4.78 is 5.34. The molecular weight excluding hydrogens is 441 g/mol. The number of anilines is 1. The SMILES string of the molecule is Cc1cccc(NC(=S)NN=Cc2ccc(OC(=O)c3ccc(Cl)cc3Cl)cc2)c1. The van der Waals surface area contributed by atoms with E-state index in [-0.39, 0.29) is 10.6 Å². The largest absolute Gasteiger partial charge is 0.423 e. The third-order valence-corrected chi connectivity index (χ3v) is 4.64. The monoisotopic (exact) mass is 457 g/mol. The Labute approximate surface area is 189 Å². The number of hydrazone groups is 1. The highest BCUT2D eigenvalue weighted by Crippen LogP contribution is 2.23. The van der Waals surface area contributed by atoms with Crippen LogP contribution in [0.5, 0.6) is 5.75 Å². The van der Waals surface area contributed by atoms with Gasteiger partial charge in [-0.05, 0) is 84.9 Å². The second-order valence-corrected chi connectivity index (χ2v) is 7.53. The molecule has 3 aromatic rings. The van der Waals surface area contributed by atoms with Gasteiger partial charge in [-0.15, -0.1) is 0 Å². The van der Waals surface area contributed by atoms with Gasteiger partial charge in [-0.1, -0.05) is 35.3 Å². The van der Waals surface area contributed by atoms with Gasteiger partial charge in [0.15, 0.2) is 5.11 Å². The lowest BCUT2D eigenvalue weighted by Crippen LogP contribution is -2.23. The van der Waals surface area contributed by atoms with Gasteiger partial charge in [0.2, 0.25) is 0 Å². The van der Waals surface area contributed by atoms with Gasteiger partial charge in [-0.2, -0.15) is 5.10 Å². The Kier molecular flexibility index (Phi) is 7.41. The van der Waals surface area contributed by atoms with Gasteiger partial charge in [0.1, 0.15) is 5.75 Å². The first-order chi connectivity index (χ1) is 14.4. The number of rotatable bonds is 5. The fraction of sp³-hybridized carbons (Fsp3) is 0.0455. The molecule has 0 bridgehead atoms. The summed E-state index contributed by atoms with van der Waals surface area (Å²) in [5, 5.41) is 8.21. The molecule has 0 aliphatic heterocycles. The maximum Gasteiger partial charge on any atom is 0.345 e. The van der Waals surface area contributed by atoms with Crippen LogP contribution in [-0.2, 0) is 0 Å². The van der Waals surface area contributed by atoms with Crippen molar-refractivity contribution >= 4 is 58.4 Å². The molecule has 0 saturated heterocycles. The molecule has 152 valence electrons. The Morgan fingerprint density at radius 3 is 2.53 bits per heavy atom. The van der Waals surface area contributed by atoms with Crippen molar-refractivity contribution in [2.75, 3.05) is 5.32 Å². The third kappa shape index (κ3) is 6.29. The number of aryl methyl sites for hydroxylation is 1. The first-order valence-electron chi connectivity index (χ1n) is 8.85. The maximum absolute atomic E-state index is 12.2. The van der Waals surface area contributed by atoms with Crippen LogP contribution in [0.1, 0.15) is 21.5 Å². The Hall–Kier alpha value is -2.93. The van der Waals surface area contributed by atoms with Gasteiger partial charge < -0.3 is 10.1 Å². The summed E-state index contributed by atoms with van der Waals surface area (Å²) >= 11 is 17.1. The van der Waals surface area contributed by atoms with E-state index in [0.29, 0.717) is 15.9 Å². The Balaban J connectivity index is 1.53. The number of esters is 1. The average molecular weight is 458 g/mol. The molecule has 0 radical (unpaired) electrons. The topological polar surface area (TPSA) is 62.7 Å². The summed E-state index contributed by atoms with van der Waals surface area (Å²) in [6.45, 7) is 2.00. The van der Waals surface area contributed by atoms with Crippen LogP contribution in [0, 0.1) is 6.92 Å². The van der Waals surface area contributed by atoms with Crippen molar-refractivity contribution in [3.8, 4) is 5.75 Å². The zero-order chi connectivity index (χ0) is 21.5. The summed E-state index contributed by atoms with van der Waals surface area (Å²) in [7, 11) is 0. The molecule has 0 spiro atoms. The highest BCUT2D eigenvalue weighted by Gasteiger charge is 2.13. The number of benzene rings is 3. The van der Waals surface area contributed by atoms with E-state index in [9.17, 15) is 4.79 Å². The molecule has 0 aliphatic rings. The summed E-state index contributed by atoms with van der Waals surface area (Å²) in [5.74, 6) is -0.180. The fourth-order valence-electron chi connectivity index (χ4n) is 2.49. The third-order valence-electron chi connectivity index (χ3n) is 3.90. The van der Waals surface area contributed by atoms with Crippen molar-refractivity contribution in [2.45, 2.75) is 6.92 Å². The first kappa shape index (κ1) is 21.8. The molecule has 30 heavy (non-hydrogen) atoms. The molecule has 0 saturated carbocycles. The van der Waals surface area contributed by atoms with E-state index in [1.54, 1.807) is 36.5 Å². The van der Waals surface area contributed by atoms with Crippen LogP contribution >= 0.6 is 35.4 Å². The highest BCUT2D eigenvalue weighted by molar-refractivity contribution is 7.80. The molecule has 3 aromatic carbocycles. The summed E-state index contributed by atoms with van der Waals surface area (Å²) in [6.07, 6.45) is 1.60. The molecular formula is C22H17Cl2N3O2S. The quantitative estimate of drug-likeness (QED) is 0.165. The molecule has 2 N–H and O–H groups in total. The minimum absolute atomic E-state index is 0.234. The first-order valence-corrected chi connectivity index (χ1v) is 10.0. The van der Waals surface area contributed by atoms with Gasteiger partial charge in [-0.3, -0.25) is 5.43 Å². The lowest BCUT2D eigenvalue weighted by Gasteiger charge is -2.07. The number of hydrogen-bond donors (Lipinski definition) is 2. The molecule has 0 aliphatic carbocycles. The summed E-state index contributed by atoms with van der Waals surface area (Å²) in [6, 6.07) is 19.3. The average Bonchev–Trinajstić information content (AvgIpc) is 2.69. The molecule has 3 rings (SSSR count). The van der Waals surface area contributed by atoms with E-state index in [4.69, 9.17) is 40.2 Å². The molecule has 0 heterocycles. The molecule has 0 unspecified atom stereocenters. The summed E-state index contributed by atoms with van der Waals surface area (Å²) in [5.41, 5.74) is 5.81. The van der Waals surface area contributed by atoms with E-state index >= 15 is 0 Å². The zero-order valence-electron chi connectivity index (χ0n) is 15.9. The van der Waals surface area contributed by atoms with Crippen LogP contribution in [-0.4, -0.2) is 17.3 Å². The van der Waals surface area contributed by atoms with Crippen molar-refractivity contribution in [1.29, 1.82) is 0 Å². The smallest absolute Gasteiger partial charge is 0.345 e. The zero-order valence-corrected chi connectivity index (χ0v) is 18.2. The van der Waals surface area contributed by atoms with E-state index in [0.717, 1.165) is 16.8 Å². The van der Waals surface area contributed by atoms with E-state index < -0.39 is 5.97 Å². The number of hydrogen-bond acceptors (Lipinski definition) is 4. The van der Waals surface area contributed by atoms with Gasteiger partial charge in [-0.25, -0.2) is 4.79 Å². The Bertz CT molecular complexity index is 1100. The van der Waals surface area contributed by atoms with E-state index in [1.807, 2.05) is 31.2 Å². The standard InChI is InChI=1S/C22H17Cl2N3O2S/c1-14-3-2-4-17(11-14)26-22(30)27-25-13-15-5-8-18(9-6-15)29-21(28)19-10-7-16(23)12-20(19)24/h2-13H,1H3,(H2,26,27,30). The van der Waals surface area contributed by atoms with Crippen LogP contribution in [0.4, 0.5) is 5.69 Å². The van der Waals surface area contributed by atoms with Crippen molar-refractivity contribution in [1.82, 2.24) is 5.43 Å². The minimum atomic E-state index is -0.563. The molecule has 0 aromatic heterocycles. The number of halogens is 2. The molecule has 0 atom stereocenters. The predicted octanol–water partition coefficient (Wildman–Crippen LogP) is 5.84. The molecule has 0 amide bonds. The van der Waals surface area contributed by atoms with Crippen molar-refractivity contribution in [2.24, 2.45) is 5.10 Å². The van der Waals surface area contributed by atoms with Crippen LogP contribution in [0.25, 0.3) is 0 Å². The fourth-order valence-corrected chi connectivity index (χ4v) is 3.14. The van der Waals surface area contributed by atoms with Gasteiger partial charge in [0.05, 0.1) is 16.8 Å². The lowest BCUT2D eigenvalue weighted by atomic mass is 10.2. The highest BCUT2D eigenvalue weighted by atomic mass is 35.5. The van der Waals surface area contributed by atoms with Crippen molar-refractivity contribution in [3.63, 3.8) is 0 Å². The maximum atomic E-state index is 12.2. The predicted molar refractivity (Wildman–Crippen MR) is 126 cm³/mol. The summed E-state index contributed by atoms with van der Waals surface area (Å²) in [4.78, 5) is 12.2. The van der Waals surface area contributed by atoms with Gasteiger partial charge >= 0.3 is 5.97 Å². The molecule has 8 heteroatoms. The lowest BCUT2D eigenvalue weighted by molar-refractivity contribution is 0.0735. The van der Waals surface area contributed by atoms with Crippen LogP contribution in [0.15, 0.2) is 71.8 Å². The minimum Gasteiger partial charge on any atom is -0.423 e. The second kappa shape index (κ2) is 10.2. The number of ether oxygens (including phenoxy) is 1. The number of carbonyl (C=O) groups is 1. The van der Waals surface area contributed by atoms with Crippen LogP contribution < -0.4 is 15.5 Å². The molecule has 0 fully saturated rings. The van der Waals surface area contributed by atoms with Crippen LogP contribution in [0.3, 0.4) is 0 Å². The van der Waals surface area contributed by atoms with Crippen molar-refractivity contribution in [3.05, 3.63) is 93.5 Å². The van der Waals surface area contributed by atoms with Crippen molar-refractivity contribution < 1.29 is 9.53 Å². The Morgan fingerprint density at radius 1 is 1.07 bits per heavy atom. The Morgan fingerprint density at radius 2 is 1.83 bits per heavy atom. The van der Waals surface area contributed by atoms with Gasteiger partial charge in [0, 0.05) is 10.7 Å². The second-order valence-electron chi connectivity index (χ2n) is 6.28. The number of thiocarbonyl (C=S) groups is 1. The normalized spacial score (nSPS) is 10.6. The number of carbonyl (C=O) groups excluding carboxylic acids is 1. The van der Waals surface area contributed by atoms with Crippen LogP contribution in [0.2, 0.25) is 10.0 Å².